The van der Waals surface area contributed by atoms with Gasteiger partial charge < -0.3 is 19.7 Å². The Balaban J connectivity index is 1.06. The van der Waals surface area contributed by atoms with Crippen LogP contribution < -0.4 is 5.32 Å². The molecular weight excluding hydrogens is 356 g/mol. The number of hydrogen-bond donors (Lipinski definition) is 1. The lowest BCUT2D eigenvalue weighted by atomic mass is 9.49. The number of nitrogens with zero attached hydrogens (tertiary/aromatic N) is 1. The SMILES string of the molecule is O=C(CCNC(=O)C12CC3CC(CC(C3)C1)C2)N1CCC(C2OCCO2)CC1. The Morgan fingerprint density at radius 1 is 0.929 bits per heavy atom. The van der Waals surface area contributed by atoms with Crippen molar-refractivity contribution in [3.63, 3.8) is 0 Å². The summed E-state index contributed by atoms with van der Waals surface area (Å²) in [5.74, 6) is 3.11. The summed E-state index contributed by atoms with van der Waals surface area (Å²) in [6, 6.07) is 0. The number of likely N-dealkylation sites (tertiary alicyclic amines) is 1. The van der Waals surface area contributed by atoms with Gasteiger partial charge in [-0.2, -0.15) is 0 Å². The first-order valence-corrected chi connectivity index (χ1v) is 11.4. The molecule has 2 saturated heterocycles. The van der Waals surface area contributed by atoms with E-state index in [1.54, 1.807) is 0 Å². The summed E-state index contributed by atoms with van der Waals surface area (Å²) >= 11 is 0. The molecule has 2 amide bonds. The zero-order valence-electron chi connectivity index (χ0n) is 16.9. The van der Waals surface area contributed by atoms with Gasteiger partial charge in [-0.15, -0.1) is 0 Å². The molecule has 6 rings (SSSR count). The van der Waals surface area contributed by atoms with Crippen molar-refractivity contribution < 1.29 is 19.1 Å². The largest absolute Gasteiger partial charge is 0.355 e. The fraction of sp³-hybridized carbons (Fsp3) is 0.909. The van der Waals surface area contributed by atoms with Crippen molar-refractivity contribution in [3.05, 3.63) is 0 Å². The molecule has 0 radical (unpaired) electrons. The Labute approximate surface area is 167 Å². The summed E-state index contributed by atoms with van der Waals surface area (Å²) in [6.45, 7) is 3.40. The monoisotopic (exact) mass is 390 g/mol. The van der Waals surface area contributed by atoms with Gasteiger partial charge in [0.25, 0.3) is 0 Å². The molecule has 0 aromatic heterocycles. The van der Waals surface area contributed by atoms with Gasteiger partial charge >= 0.3 is 0 Å². The topological polar surface area (TPSA) is 67.9 Å². The van der Waals surface area contributed by atoms with Crippen molar-refractivity contribution in [3.8, 4) is 0 Å². The van der Waals surface area contributed by atoms with Crippen LogP contribution in [-0.4, -0.2) is 55.9 Å². The van der Waals surface area contributed by atoms with E-state index in [-0.39, 0.29) is 23.5 Å². The molecule has 28 heavy (non-hydrogen) atoms. The Kier molecular flexibility index (Phi) is 5.12. The van der Waals surface area contributed by atoms with Gasteiger partial charge in [0.05, 0.1) is 13.2 Å². The molecular formula is C22H34N2O4. The molecule has 156 valence electrons. The molecule has 6 heteroatoms. The molecule has 4 aliphatic carbocycles. The minimum absolute atomic E-state index is 0.0724. The standard InChI is InChI=1S/C22H34N2O4/c25-19(24-5-2-18(3-6-24)20-27-7-8-28-20)1-4-23-21(26)22-12-15-9-16(13-22)11-17(10-15)14-22/h15-18,20H,1-14H2,(H,23,26). The van der Waals surface area contributed by atoms with E-state index in [9.17, 15) is 9.59 Å². The van der Waals surface area contributed by atoms with Crippen LogP contribution in [-0.2, 0) is 19.1 Å². The van der Waals surface area contributed by atoms with E-state index in [4.69, 9.17) is 9.47 Å². The summed E-state index contributed by atoms with van der Waals surface area (Å²) < 4.78 is 11.2. The van der Waals surface area contributed by atoms with Crippen LogP contribution in [0.2, 0.25) is 0 Å². The highest BCUT2D eigenvalue weighted by Gasteiger charge is 2.54. The van der Waals surface area contributed by atoms with Crippen molar-refractivity contribution in [2.75, 3.05) is 32.8 Å². The van der Waals surface area contributed by atoms with Crippen LogP contribution in [0.15, 0.2) is 0 Å². The molecule has 6 nitrogen and oxygen atoms in total. The van der Waals surface area contributed by atoms with Gasteiger partial charge in [0.15, 0.2) is 6.29 Å². The number of carbonyl (C=O) groups excluding carboxylic acids is 2. The van der Waals surface area contributed by atoms with Crippen molar-refractivity contribution >= 4 is 11.8 Å². The smallest absolute Gasteiger partial charge is 0.226 e. The van der Waals surface area contributed by atoms with Gasteiger partial charge in [0.2, 0.25) is 11.8 Å². The first-order chi connectivity index (χ1) is 13.6. The van der Waals surface area contributed by atoms with E-state index in [1.165, 1.54) is 19.3 Å². The third kappa shape index (κ3) is 3.58. The molecule has 0 unspecified atom stereocenters. The van der Waals surface area contributed by atoms with Gasteiger partial charge in [-0.05, 0) is 69.1 Å². The first-order valence-electron chi connectivity index (χ1n) is 11.4. The summed E-state index contributed by atoms with van der Waals surface area (Å²) in [6.07, 6.45) is 9.50. The number of carbonyl (C=O) groups is 2. The van der Waals surface area contributed by atoms with Crippen LogP contribution in [0.3, 0.4) is 0 Å². The Bertz CT molecular complexity index is 572. The highest BCUT2D eigenvalue weighted by atomic mass is 16.7. The van der Waals surface area contributed by atoms with Crippen LogP contribution in [0.1, 0.15) is 57.8 Å². The van der Waals surface area contributed by atoms with E-state index in [0.29, 0.717) is 32.1 Å². The van der Waals surface area contributed by atoms with Crippen molar-refractivity contribution in [1.82, 2.24) is 10.2 Å². The average molecular weight is 391 g/mol. The number of ether oxygens (including phenoxy) is 2. The van der Waals surface area contributed by atoms with Gasteiger partial charge in [-0.3, -0.25) is 9.59 Å². The highest BCUT2D eigenvalue weighted by Crippen LogP contribution is 2.60. The molecule has 0 aromatic carbocycles. The molecule has 2 aliphatic heterocycles. The number of nitrogens with one attached hydrogen (secondary N) is 1. The summed E-state index contributed by atoms with van der Waals surface area (Å²) in [5.41, 5.74) is -0.114. The lowest BCUT2D eigenvalue weighted by Crippen LogP contribution is -2.54. The third-order valence-electron chi connectivity index (χ3n) is 8.07. The van der Waals surface area contributed by atoms with Gasteiger partial charge in [-0.25, -0.2) is 0 Å². The molecule has 0 spiro atoms. The van der Waals surface area contributed by atoms with E-state index in [2.05, 4.69) is 5.32 Å². The van der Waals surface area contributed by atoms with Gasteiger partial charge in [0, 0.05) is 37.4 Å². The lowest BCUT2D eigenvalue weighted by Gasteiger charge is -2.55. The number of rotatable bonds is 5. The first kappa shape index (κ1) is 18.9. The quantitative estimate of drug-likeness (QED) is 0.782. The molecule has 4 saturated carbocycles. The molecule has 0 aromatic rings. The lowest BCUT2D eigenvalue weighted by molar-refractivity contribution is -0.146. The van der Waals surface area contributed by atoms with Crippen LogP contribution in [0.5, 0.6) is 0 Å². The summed E-state index contributed by atoms with van der Waals surface area (Å²) in [7, 11) is 0. The van der Waals surface area contributed by atoms with Crippen LogP contribution in [0, 0.1) is 29.1 Å². The van der Waals surface area contributed by atoms with Gasteiger partial charge in [-0.1, -0.05) is 0 Å². The molecule has 2 heterocycles. The predicted molar refractivity (Wildman–Crippen MR) is 103 cm³/mol. The van der Waals surface area contributed by atoms with Gasteiger partial charge in [0.1, 0.15) is 0 Å². The van der Waals surface area contributed by atoms with Crippen molar-refractivity contribution in [2.45, 2.75) is 64.1 Å². The molecule has 6 fully saturated rings. The van der Waals surface area contributed by atoms with E-state index in [0.717, 1.165) is 62.9 Å². The second kappa shape index (κ2) is 7.60. The van der Waals surface area contributed by atoms with Crippen LogP contribution >= 0.6 is 0 Å². The van der Waals surface area contributed by atoms with Crippen LogP contribution in [0.25, 0.3) is 0 Å². The Morgan fingerprint density at radius 3 is 2.07 bits per heavy atom. The minimum atomic E-state index is -0.114. The van der Waals surface area contributed by atoms with Crippen molar-refractivity contribution in [2.24, 2.45) is 29.1 Å². The molecule has 1 N–H and O–H groups in total. The van der Waals surface area contributed by atoms with E-state index >= 15 is 0 Å². The maximum absolute atomic E-state index is 13.0. The van der Waals surface area contributed by atoms with E-state index < -0.39 is 0 Å². The highest BCUT2D eigenvalue weighted by molar-refractivity contribution is 5.84. The average Bonchev–Trinajstić information content (AvgIpc) is 3.22. The summed E-state index contributed by atoms with van der Waals surface area (Å²) in [5, 5.41) is 3.14. The zero-order valence-corrected chi connectivity index (χ0v) is 16.9. The fourth-order valence-electron chi connectivity index (χ4n) is 7.09. The maximum atomic E-state index is 13.0. The number of hydrogen-bond acceptors (Lipinski definition) is 4. The van der Waals surface area contributed by atoms with Crippen LogP contribution in [0.4, 0.5) is 0 Å². The fourth-order valence-corrected chi connectivity index (χ4v) is 7.09. The van der Waals surface area contributed by atoms with Crippen molar-refractivity contribution in [1.29, 1.82) is 0 Å². The minimum Gasteiger partial charge on any atom is -0.355 e. The second-order valence-corrected chi connectivity index (χ2v) is 10.0. The molecule has 6 aliphatic rings. The normalized spacial score (nSPS) is 38.1. The summed E-state index contributed by atoms with van der Waals surface area (Å²) in [4.78, 5) is 27.5. The second-order valence-electron chi connectivity index (χ2n) is 10.0. The Morgan fingerprint density at radius 2 is 1.50 bits per heavy atom. The Hall–Kier alpha value is -1.14. The number of piperidine rings is 1. The zero-order chi connectivity index (χ0) is 19.1. The predicted octanol–water partition coefficient (Wildman–Crippen LogP) is 2.32. The molecule has 4 bridgehead atoms. The maximum Gasteiger partial charge on any atom is 0.226 e. The van der Waals surface area contributed by atoms with E-state index in [1.807, 2.05) is 4.90 Å². The molecule has 0 atom stereocenters. The number of amides is 2. The third-order valence-corrected chi connectivity index (χ3v) is 8.07.